The molecule has 0 fully saturated rings. The van der Waals surface area contributed by atoms with E-state index in [1.165, 1.54) is 0 Å². The van der Waals surface area contributed by atoms with Gasteiger partial charge >= 0.3 is 0 Å². The number of nitrogens with one attached hydrogen (secondary N) is 1. The van der Waals surface area contributed by atoms with Crippen LogP contribution in [-0.2, 0) is 10.8 Å². The zero-order chi connectivity index (χ0) is 16.9. The first-order chi connectivity index (χ1) is 9.94. The predicted molar refractivity (Wildman–Crippen MR) is 92.6 cm³/mol. The van der Waals surface area contributed by atoms with E-state index >= 15 is 0 Å². The zero-order valence-electron chi connectivity index (χ0n) is 15.0. The first-order valence-corrected chi connectivity index (χ1v) is 7.82. The van der Waals surface area contributed by atoms with E-state index in [0.717, 1.165) is 33.5 Å². The summed E-state index contributed by atoms with van der Waals surface area (Å²) in [5.74, 6) is 0.429. The molecule has 0 radical (unpaired) electrons. The van der Waals surface area contributed by atoms with Gasteiger partial charge in [-0.3, -0.25) is 5.10 Å². The van der Waals surface area contributed by atoms with Gasteiger partial charge in [0.1, 0.15) is 5.75 Å². The van der Waals surface area contributed by atoms with Gasteiger partial charge in [-0.1, -0.05) is 41.5 Å². The summed E-state index contributed by atoms with van der Waals surface area (Å²) < 4.78 is 0. The van der Waals surface area contributed by atoms with Crippen molar-refractivity contribution in [2.24, 2.45) is 0 Å². The lowest BCUT2D eigenvalue weighted by Gasteiger charge is -2.30. The van der Waals surface area contributed by atoms with Crippen LogP contribution in [0.4, 0.5) is 0 Å². The molecule has 0 atom stereocenters. The highest BCUT2D eigenvalue weighted by Gasteiger charge is 2.29. The lowest BCUT2D eigenvalue weighted by atomic mass is 9.75. The summed E-state index contributed by atoms with van der Waals surface area (Å²) in [5, 5.41) is 18.2. The molecule has 0 saturated carbocycles. The molecule has 2 rings (SSSR count). The highest BCUT2D eigenvalue weighted by Crippen LogP contribution is 2.44. The van der Waals surface area contributed by atoms with Crippen molar-refractivity contribution in [3.05, 3.63) is 34.5 Å². The monoisotopic (exact) mass is 300 g/mol. The van der Waals surface area contributed by atoms with Crippen molar-refractivity contribution in [3.8, 4) is 17.0 Å². The van der Waals surface area contributed by atoms with Crippen molar-refractivity contribution in [2.75, 3.05) is 0 Å². The highest BCUT2D eigenvalue weighted by molar-refractivity contribution is 5.72. The Balaban J connectivity index is 2.90. The van der Waals surface area contributed by atoms with Gasteiger partial charge < -0.3 is 5.11 Å². The first-order valence-electron chi connectivity index (χ1n) is 7.82. The fourth-order valence-corrected chi connectivity index (χ4v) is 3.14. The lowest BCUT2D eigenvalue weighted by Crippen LogP contribution is -2.19. The minimum absolute atomic E-state index is 0.125. The third-order valence-corrected chi connectivity index (χ3v) is 4.22. The van der Waals surface area contributed by atoms with Gasteiger partial charge in [0.15, 0.2) is 0 Å². The fourth-order valence-electron chi connectivity index (χ4n) is 3.14. The third kappa shape index (κ3) is 2.77. The summed E-state index contributed by atoms with van der Waals surface area (Å²) in [6, 6.07) is 2.11. The van der Waals surface area contributed by atoms with E-state index in [-0.39, 0.29) is 10.8 Å². The maximum atomic E-state index is 10.9. The van der Waals surface area contributed by atoms with Gasteiger partial charge in [-0.05, 0) is 41.9 Å². The van der Waals surface area contributed by atoms with Crippen LogP contribution in [0.2, 0.25) is 0 Å². The van der Waals surface area contributed by atoms with Crippen LogP contribution in [0.3, 0.4) is 0 Å². The quantitative estimate of drug-likeness (QED) is 0.779. The van der Waals surface area contributed by atoms with Crippen LogP contribution in [0.25, 0.3) is 11.3 Å². The van der Waals surface area contributed by atoms with Crippen molar-refractivity contribution in [1.29, 1.82) is 0 Å². The second-order valence-electron chi connectivity index (χ2n) is 8.25. The second-order valence-corrected chi connectivity index (χ2v) is 8.25. The lowest BCUT2D eigenvalue weighted by molar-refractivity contribution is 0.422. The van der Waals surface area contributed by atoms with Crippen molar-refractivity contribution < 1.29 is 5.11 Å². The number of H-pyrrole nitrogens is 1. The first kappa shape index (κ1) is 16.6. The van der Waals surface area contributed by atoms with Crippen molar-refractivity contribution >= 4 is 0 Å². The van der Waals surface area contributed by atoms with E-state index < -0.39 is 0 Å². The third-order valence-electron chi connectivity index (χ3n) is 4.22. The maximum absolute atomic E-state index is 10.9. The van der Waals surface area contributed by atoms with E-state index in [1.54, 1.807) is 0 Å². The van der Waals surface area contributed by atoms with Gasteiger partial charge in [-0.15, -0.1) is 0 Å². The number of phenolic OH excluding ortho intramolecular Hbond substituents is 1. The van der Waals surface area contributed by atoms with Crippen molar-refractivity contribution in [3.63, 3.8) is 0 Å². The number of phenols is 1. The van der Waals surface area contributed by atoms with Crippen LogP contribution in [0.15, 0.2) is 12.3 Å². The molecule has 1 heterocycles. The molecule has 1 aromatic heterocycles. The molecule has 1 aromatic carbocycles. The van der Waals surface area contributed by atoms with E-state index in [4.69, 9.17) is 0 Å². The number of hydrogen-bond donors (Lipinski definition) is 2. The average molecular weight is 300 g/mol. The van der Waals surface area contributed by atoms with Gasteiger partial charge in [-0.2, -0.15) is 5.10 Å². The van der Waals surface area contributed by atoms with Crippen molar-refractivity contribution in [2.45, 2.75) is 66.2 Å². The molecule has 0 unspecified atom stereocenters. The molecule has 22 heavy (non-hydrogen) atoms. The summed E-state index contributed by atoms with van der Waals surface area (Å²) in [6.07, 6.45) is 1.84. The van der Waals surface area contributed by atoms with E-state index in [9.17, 15) is 5.11 Å². The number of aromatic amines is 1. The molecular weight excluding hydrogens is 272 g/mol. The van der Waals surface area contributed by atoms with E-state index in [0.29, 0.717) is 5.75 Å². The van der Waals surface area contributed by atoms with Gasteiger partial charge in [0.05, 0.1) is 11.9 Å². The molecule has 0 aliphatic heterocycles. The molecule has 120 valence electrons. The Bertz CT molecular complexity index is 697. The number of aryl methyl sites for hydroxylation is 1. The van der Waals surface area contributed by atoms with Crippen molar-refractivity contribution in [1.82, 2.24) is 10.2 Å². The van der Waals surface area contributed by atoms with Crippen LogP contribution in [0.5, 0.6) is 5.75 Å². The van der Waals surface area contributed by atoms with E-state index in [2.05, 4.69) is 71.7 Å². The molecule has 0 saturated heterocycles. The Morgan fingerprint density at radius 3 is 2.00 bits per heavy atom. The minimum atomic E-state index is -0.127. The number of aromatic hydroxyl groups is 1. The number of hydrogen-bond acceptors (Lipinski definition) is 2. The molecule has 0 aliphatic carbocycles. The van der Waals surface area contributed by atoms with Gasteiger partial charge in [0.2, 0.25) is 0 Å². The Kier molecular flexibility index (Phi) is 3.88. The number of aromatic nitrogens is 2. The molecule has 2 aromatic rings. The molecule has 3 nitrogen and oxygen atoms in total. The Morgan fingerprint density at radius 1 is 1.00 bits per heavy atom. The van der Waals surface area contributed by atoms with Crippen LogP contribution >= 0.6 is 0 Å². The molecule has 3 heteroatoms. The summed E-state index contributed by atoms with van der Waals surface area (Å²) in [6.45, 7) is 17.0. The normalized spacial score (nSPS) is 12.7. The number of nitrogens with zero attached hydrogens (tertiary/aromatic N) is 1. The molecule has 0 spiro atoms. The summed E-state index contributed by atoms with van der Waals surface area (Å²) in [7, 11) is 0. The largest absolute Gasteiger partial charge is 0.507 e. The van der Waals surface area contributed by atoms with Crippen LogP contribution in [0.1, 0.15) is 63.8 Å². The predicted octanol–water partition coefficient (Wildman–Crippen LogP) is 4.99. The average Bonchev–Trinajstić information content (AvgIpc) is 2.72. The maximum Gasteiger partial charge on any atom is 0.123 e. The smallest absolute Gasteiger partial charge is 0.123 e. The fraction of sp³-hybridized carbons (Fsp3) is 0.526. The number of benzene rings is 1. The van der Waals surface area contributed by atoms with Crippen LogP contribution in [0, 0.1) is 13.8 Å². The van der Waals surface area contributed by atoms with Gasteiger partial charge in [-0.25, -0.2) is 0 Å². The Hall–Kier alpha value is -1.77. The highest BCUT2D eigenvalue weighted by atomic mass is 16.3. The molecule has 0 bridgehead atoms. The van der Waals surface area contributed by atoms with Gasteiger partial charge in [0.25, 0.3) is 0 Å². The van der Waals surface area contributed by atoms with Gasteiger partial charge in [0, 0.05) is 16.7 Å². The van der Waals surface area contributed by atoms with Crippen LogP contribution < -0.4 is 0 Å². The molecule has 0 amide bonds. The standard InChI is InChI=1S/C19H28N2O/c1-11-10-20-21-16(11)13-9-14(18(3,4)5)17(22)15(12(13)2)19(6,7)8/h9-10,22H,1-8H3,(H,20,21). The number of rotatable bonds is 1. The summed E-state index contributed by atoms with van der Waals surface area (Å²) in [4.78, 5) is 0. The van der Waals surface area contributed by atoms with Crippen LogP contribution in [-0.4, -0.2) is 15.3 Å². The molecule has 2 N–H and O–H groups in total. The van der Waals surface area contributed by atoms with E-state index in [1.807, 2.05) is 6.20 Å². The zero-order valence-corrected chi connectivity index (χ0v) is 15.0. The SMILES string of the molecule is Cc1cn[nH]c1-c1cc(C(C)(C)C)c(O)c(C(C)(C)C)c1C. The Labute approximate surface area is 133 Å². The minimum Gasteiger partial charge on any atom is -0.507 e. The summed E-state index contributed by atoms with van der Waals surface area (Å²) in [5.41, 5.74) is 6.14. The molecule has 0 aliphatic rings. The topological polar surface area (TPSA) is 48.9 Å². The summed E-state index contributed by atoms with van der Waals surface area (Å²) >= 11 is 0. The molecular formula is C19H28N2O. The Morgan fingerprint density at radius 2 is 1.59 bits per heavy atom. The second kappa shape index (κ2) is 5.15.